The van der Waals surface area contributed by atoms with E-state index in [0.29, 0.717) is 12.8 Å². The maximum Gasteiger partial charge on any atom is 0.220 e. The molecule has 0 aliphatic carbocycles. The molecule has 2 saturated heterocycles. The minimum atomic E-state index is -1.78. The summed E-state index contributed by atoms with van der Waals surface area (Å²) in [6.07, 6.45) is 28.1. The molecule has 0 aromatic heterocycles. The number of hydrogen-bond acceptors (Lipinski definition) is 13. The number of ether oxygens (including phenoxy) is 4. The van der Waals surface area contributed by atoms with Crippen molar-refractivity contribution in [2.45, 2.75) is 325 Å². The Hall–Kier alpha value is -1.01. The molecule has 14 nitrogen and oxygen atoms in total. The molecular weight excluding hydrogens is 883 g/mol. The highest BCUT2D eigenvalue weighted by Crippen LogP contribution is 2.30. The number of aliphatic hydroxyl groups excluding tert-OH is 8. The summed E-state index contributed by atoms with van der Waals surface area (Å²) in [6.45, 7) is 2.89. The molecule has 0 aromatic carbocycles. The highest BCUT2D eigenvalue weighted by Gasteiger charge is 2.51. The molecule has 2 fully saturated rings. The molecule has 1 amide bonds. The summed E-state index contributed by atoms with van der Waals surface area (Å²) in [5, 5.41) is 87.1. The van der Waals surface area contributed by atoms with Gasteiger partial charge >= 0.3 is 0 Å². The molecule has 14 heteroatoms. The highest BCUT2D eigenvalue weighted by molar-refractivity contribution is 5.76. The van der Waals surface area contributed by atoms with Crippen molar-refractivity contribution in [3.05, 3.63) is 0 Å². The fourth-order valence-electron chi connectivity index (χ4n) is 9.89. The van der Waals surface area contributed by atoms with E-state index in [0.717, 1.165) is 51.4 Å². The molecule has 0 bridgehead atoms. The molecule has 2 heterocycles. The summed E-state index contributed by atoms with van der Waals surface area (Å²) in [7, 11) is 0. The second-order valence-electron chi connectivity index (χ2n) is 20.8. The third-order valence-electron chi connectivity index (χ3n) is 14.6. The van der Waals surface area contributed by atoms with Crippen LogP contribution in [0.4, 0.5) is 0 Å². The first-order chi connectivity index (χ1) is 33.6. The number of hydrogen-bond donors (Lipinski definition) is 9. The fraction of sp³-hybridized carbons (Fsp3) is 0.982. The van der Waals surface area contributed by atoms with Crippen LogP contribution in [0.2, 0.25) is 0 Å². The molecule has 12 unspecified atom stereocenters. The summed E-state index contributed by atoms with van der Waals surface area (Å²) >= 11 is 0. The third kappa shape index (κ3) is 28.9. The van der Waals surface area contributed by atoms with E-state index in [-0.39, 0.29) is 12.5 Å². The second-order valence-corrected chi connectivity index (χ2v) is 20.8. The summed E-state index contributed by atoms with van der Waals surface area (Å²) < 4.78 is 22.8. The van der Waals surface area contributed by atoms with E-state index in [1.54, 1.807) is 0 Å². The zero-order valence-electron chi connectivity index (χ0n) is 43.8. The SMILES string of the molecule is CCCCCCCCCCCCCCCCCCCCCCCC(=O)NC(COC1OC(CO)C(OC2OC(CO)C(O)C(O)C2O)C(O)C1O)C(O)CCCCCCCCCCCCCCCC. The number of rotatable bonds is 46. The molecule has 410 valence electrons. The molecule has 2 aliphatic heterocycles. The van der Waals surface area contributed by atoms with Gasteiger partial charge in [-0.15, -0.1) is 0 Å². The Labute approximate surface area is 419 Å². The zero-order valence-corrected chi connectivity index (χ0v) is 43.8. The van der Waals surface area contributed by atoms with Crippen molar-refractivity contribution < 1.29 is 64.6 Å². The predicted molar refractivity (Wildman–Crippen MR) is 272 cm³/mol. The van der Waals surface area contributed by atoms with Crippen molar-refractivity contribution in [2.24, 2.45) is 0 Å². The maximum absolute atomic E-state index is 13.2. The average Bonchev–Trinajstić information content (AvgIpc) is 3.35. The molecule has 0 radical (unpaired) electrons. The topological polar surface area (TPSA) is 228 Å². The van der Waals surface area contributed by atoms with Gasteiger partial charge in [0.25, 0.3) is 0 Å². The molecule has 2 rings (SSSR count). The Bertz CT molecular complexity index is 1170. The molecule has 0 aromatic rings. The number of carbonyl (C=O) groups excluding carboxylic acids is 1. The van der Waals surface area contributed by atoms with E-state index in [4.69, 9.17) is 18.9 Å². The lowest BCUT2D eigenvalue weighted by atomic mass is 9.97. The average molecular weight is 990 g/mol. The van der Waals surface area contributed by atoms with Crippen molar-refractivity contribution in [3.63, 3.8) is 0 Å². The van der Waals surface area contributed by atoms with Gasteiger partial charge in [-0.1, -0.05) is 232 Å². The molecule has 12 atom stereocenters. The lowest BCUT2D eigenvalue weighted by molar-refractivity contribution is -0.359. The summed E-state index contributed by atoms with van der Waals surface area (Å²) in [4.78, 5) is 13.2. The van der Waals surface area contributed by atoms with Gasteiger partial charge in [0.1, 0.15) is 48.8 Å². The second kappa shape index (κ2) is 42.4. The van der Waals surface area contributed by atoms with Gasteiger partial charge in [-0.2, -0.15) is 0 Å². The summed E-state index contributed by atoms with van der Waals surface area (Å²) in [6, 6.07) is -0.821. The smallest absolute Gasteiger partial charge is 0.220 e. The predicted octanol–water partition coefficient (Wildman–Crippen LogP) is 8.95. The molecule has 0 saturated carbocycles. The van der Waals surface area contributed by atoms with E-state index >= 15 is 0 Å². The molecule has 0 spiro atoms. The number of amides is 1. The van der Waals surface area contributed by atoms with Crippen LogP contribution in [0.25, 0.3) is 0 Å². The van der Waals surface area contributed by atoms with Crippen LogP contribution in [0.1, 0.15) is 251 Å². The number of carbonyl (C=O) groups is 1. The van der Waals surface area contributed by atoms with Gasteiger partial charge in [-0.05, 0) is 12.8 Å². The largest absolute Gasteiger partial charge is 0.394 e. The number of unbranched alkanes of at least 4 members (excludes halogenated alkanes) is 33. The maximum atomic E-state index is 13.2. The van der Waals surface area contributed by atoms with Gasteiger partial charge in [0.2, 0.25) is 5.91 Å². The van der Waals surface area contributed by atoms with E-state index < -0.39 is 86.8 Å². The van der Waals surface area contributed by atoms with Gasteiger partial charge in [-0.3, -0.25) is 4.79 Å². The van der Waals surface area contributed by atoms with Crippen LogP contribution in [-0.4, -0.2) is 140 Å². The van der Waals surface area contributed by atoms with Crippen LogP contribution < -0.4 is 5.32 Å². The molecule has 69 heavy (non-hydrogen) atoms. The molecule has 2 aliphatic rings. The van der Waals surface area contributed by atoms with Gasteiger partial charge < -0.3 is 65.1 Å². The third-order valence-corrected chi connectivity index (χ3v) is 14.6. The van der Waals surface area contributed by atoms with Crippen molar-refractivity contribution >= 4 is 5.91 Å². The fourth-order valence-corrected chi connectivity index (χ4v) is 9.89. The van der Waals surface area contributed by atoms with Crippen molar-refractivity contribution in [3.8, 4) is 0 Å². The first kappa shape index (κ1) is 64.1. The van der Waals surface area contributed by atoms with E-state index in [1.807, 2.05) is 0 Å². The van der Waals surface area contributed by atoms with Crippen LogP contribution in [0.3, 0.4) is 0 Å². The lowest BCUT2D eigenvalue weighted by Crippen LogP contribution is -2.65. The van der Waals surface area contributed by atoms with Crippen LogP contribution in [0.15, 0.2) is 0 Å². The van der Waals surface area contributed by atoms with E-state index in [2.05, 4.69) is 19.2 Å². The van der Waals surface area contributed by atoms with Crippen LogP contribution >= 0.6 is 0 Å². The monoisotopic (exact) mass is 990 g/mol. The highest BCUT2D eigenvalue weighted by atomic mass is 16.7. The molecular formula is C55H107NO13. The van der Waals surface area contributed by atoms with Crippen LogP contribution in [0.5, 0.6) is 0 Å². The van der Waals surface area contributed by atoms with Crippen LogP contribution in [0, 0.1) is 0 Å². The van der Waals surface area contributed by atoms with Gasteiger partial charge in [0.15, 0.2) is 12.6 Å². The minimum absolute atomic E-state index is 0.201. The Kier molecular flexibility index (Phi) is 39.4. The normalized spacial score (nSPS) is 26.1. The standard InChI is InChI=1S/C55H107NO13/c1-3-5-7-9-11-13-15-17-19-20-21-22-23-24-25-27-29-31-33-35-37-39-47(60)56-43(44(59)38-36-34-32-30-28-26-18-16-14-12-10-8-6-4-2)42-66-54-52(65)50(63)53(46(41-58)68-54)69-55-51(64)49(62)48(61)45(40-57)67-55/h43-46,48-55,57-59,61-65H,3-42H2,1-2H3,(H,56,60). The lowest BCUT2D eigenvalue weighted by Gasteiger charge is -2.46. The summed E-state index contributed by atoms with van der Waals surface area (Å²) in [5.41, 5.74) is 0. The Morgan fingerprint density at radius 3 is 1.23 bits per heavy atom. The Balaban J connectivity index is 1.75. The van der Waals surface area contributed by atoms with Crippen LogP contribution in [-0.2, 0) is 23.7 Å². The number of nitrogens with one attached hydrogen (secondary N) is 1. The van der Waals surface area contributed by atoms with Gasteiger partial charge in [0, 0.05) is 6.42 Å². The first-order valence-electron chi connectivity index (χ1n) is 28.8. The van der Waals surface area contributed by atoms with E-state index in [9.17, 15) is 45.6 Å². The first-order valence-corrected chi connectivity index (χ1v) is 28.8. The Morgan fingerprint density at radius 2 is 0.826 bits per heavy atom. The van der Waals surface area contributed by atoms with E-state index in [1.165, 1.54) is 173 Å². The van der Waals surface area contributed by atoms with Crippen molar-refractivity contribution in [2.75, 3.05) is 19.8 Å². The van der Waals surface area contributed by atoms with Gasteiger partial charge in [-0.25, -0.2) is 0 Å². The summed E-state index contributed by atoms with van der Waals surface area (Å²) in [5.74, 6) is -0.201. The number of aliphatic hydroxyl groups is 8. The quantitative estimate of drug-likeness (QED) is 0.0260. The Morgan fingerprint density at radius 1 is 0.464 bits per heavy atom. The van der Waals surface area contributed by atoms with Gasteiger partial charge in [0.05, 0.1) is 32.0 Å². The van der Waals surface area contributed by atoms with Crippen molar-refractivity contribution in [1.29, 1.82) is 0 Å². The minimum Gasteiger partial charge on any atom is -0.394 e. The zero-order chi connectivity index (χ0) is 50.3. The van der Waals surface area contributed by atoms with Crippen molar-refractivity contribution in [1.82, 2.24) is 5.32 Å². The molecule has 9 N–H and O–H groups in total.